The van der Waals surface area contributed by atoms with Crippen molar-refractivity contribution in [1.29, 1.82) is 0 Å². The Morgan fingerprint density at radius 1 is 1.04 bits per heavy atom. The van der Waals surface area contributed by atoms with Gasteiger partial charge in [-0.2, -0.15) is 5.10 Å². The lowest BCUT2D eigenvalue weighted by Crippen LogP contribution is -2.22. The number of anilines is 1. The molecular weight excluding hydrogens is 326 g/mol. The van der Waals surface area contributed by atoms with Crippen LogP contribution in [0.3, 0.4) is 0 Å². The molecule has 6 nitrogen and oxygen atoms in total. The second-order valence-electron chi connectivity index (χ2n) is 7.00. The highest BCUT2D eigenvalue weighted by atomic mass is 16.2. The third-order valence-electron chi connectivity index (χ3n) is 5.34. The van der Waals surface area contributed by atoms with E-state index in [9.17, 15) is 4.79 Å². The van der Waals surface area contributed by atoms with Crippen LogP contribution in [0.4, 0.5) is 5.82 Å². The van der Waals surface area contributed by atoms with Gasteiger partial charge in [0.15, 0.2) is 0 Å². The molecule has 1 aromatic carbocycles. The number of rotatable bonds is 3. The molecule has 1 N–H and O–H groups in total. The smallest absolute Gasteiger partial charge is 0.275 e. The highest BCUT2D eigenvalue weighted by Crippen LogP contribution is 2.31. The lowest BCUT2D eigenvalue weighted by Gasteiger charge is -2.16. The molecule has 0 fully saturated rings. The predicted molar refractivity (Wildman–Crippen MR) is 98.7 cm³/mol. The number of aryl methyl sites for hydroxylation is 2. The van der Waals surface area contributed by atoms with Crippen LogP contribution in [0, 0.1) is 0 Å². The zero-order valence-electron chi connectivity index (χ0n) is 14.6. The summed E-state index contributed by atoms with van der Waals surface area (Å²) in [5, 5.41) is 7.90. The zero-order valence-corrected chi connectivity index (χ0v) is 14.6. The van der Waals surface area contributed by atoms with Gasteiger partial charge in [-0.25, -0.2) is 9.67 Å². The van der Waals surface area contributed by atoms with Gasteiger partial charge < -0.3 is 9.88 Å². The molecule has 2 aliphatic rings. The molecule has 0 radical (unpaired) electrons. The molecule has 6 heteroatoms. The maximum Gasteiger partial charge on any atom is 0.275 e. The van der Waals surface area contributed by atoms with Crippen molar-refractivity contribution >= 4 is 11.7 Å². The summed E-state index contributed by atoms with van der Waals surface area (Å²) in [6, 6.07) is 9.98. The number of hydrogen-bond donors (Lipinski definition) is 1. The topological polar surface area (TPSA) is 64.7 Å². The molecule has 1 amide bonds. The highest BCUT2D eigenvalue weighted by Gasteiger charge is 2.26. The van der Waals surface area contributed by atoms with Crippen molar-refractivity contribution in [3.8, 4) is 5.69 Å². The van der Waals surface area contributed by atoms with Gasteiger partial charge in [0.1, 0.15) is 17.3 Å². The Kier molecular flexibility index (Phi) is 3.62. The van der Waals surface area contributed by atoms with Gasteiger partial charge in [0.2, 0.25) is 0 Å². The van der Waals surface area contributed by atoms with Gasteiger partial charge in [0, 0.05) is 18.5 Å². The van der Waals surface area contributed by atoms with Crippen LogP contribution in [0.25, 0.3) is 5.69 Å². The Hall–Kier alpha value is -2.89. The Morgan fingerprint density at radius 3 is 2.81 bits per heavy atom. The Labute approximate surface area is 151 Å². The molecule has 2 aromatic heterocycles. The molecule has 0 atom stereocenters. The van der Waals surface area contributed by atoms with Gasteiger partial charge in [-0.15, -0.1) is 0 Å². The van der Waals surface area contributed by atoms with E-state index in [-0.39, 0.29) is 5.91 Å². The predicted octanol–water partition coefficient (Wildman–Crippen LogP) is 3.15. The average molecular weight is 347 g/mol. The first-order chi connectivity index (χ1) is 12.8. The quantitative estimate of drug-likeness (QED) is 0.791. The lowest BCUT2D eigenvalue weighted by molar-refractivity contribution is 0.101. The van der Waals surface area contributed by atoms with Gasteiger partial charge in [-0.1, -0.05) is 18.2 Å². The van der Waals surface area contributed by atoms with Crippen molar-refractivity contribution in [3.05, 3.63) is 59.3 Å². The van der Waals surface area contributed by atoms with Crippen LogP contribution in [-0.2, 0) is 25.8 Å². The highest BCUT2D eigenvalue weighted by molar-refractivity contribution is 6.03. The molecule has 0 bridgehead atoms. The summed E-state index contributed by atoms with van der Waals surface area (Å²) in [7, 11) is 0. The van der Waals surface area contributed by atoms with E-state index < -0.39 is 0 Å². The summed E-state index contributed by atoms with van der Waals surface area (Å²) in [6.45, 7) is 0.869. The first kappa shape index (κ1) is 15.4. The minimum Gasteiger partial charge on any atom is -0.324 e. The molecular formula is C20H21N5O. The van der Waals surface area contributed by atoms with Crippen LogP contribution in [0.15, 0.2) is 36.5 Å². The number of aromatic nitrogens is 4. The fraction of sp³-hybridized carbons (Fsp3) is 0.350. The van der Waals surface area contributed by atoms with Crippen molar-refractivity contribution in [3.63, 3.8) is 0 Å². The number of fused-ring (bicyclic) bond motifs is 2. The number of amides is 1. The molecule has 0 spiro atoms. The molecule has 1 aliphatic carbocycles. The van der Waals surface area contributed by atoms with E-state index in [4.69, 9.17) is 5.10 Å². The number of para-hydroxylation sites is 1. The van der Waals surface area contributed by atoms with Gasteiger partial charge in [-0.3, -0.25) is 4.79 Å². The molecule has 3 heterocycles. The van der Waals surface area contributed by atoms with Crippen molar-refractivity contribution < 1.29 is 4.79 Å². The molecule has 132 valence electrons. The van der Waals surface area contributed by atoms with Crippen molar-refractivity contribution in [2.75, 3.05) is 5.32 Å². The first-order valence-corrected chi connectivity index (χ1v) is 9.33. The van der Waals surface area contributed by atoms with Gasteiger partial charge >= 0.3 is 0 Å². The van der Waals surface area contributed by atoms with Crippen LogP contribution in [0.5, 0.6) is 0 Å². The number of nitrogens with zero attached hydrogens (tertiary/aromatic N) is 4. The minimum absolute atomic E-state index is 0.0996. The van der Waals surface area contributed by atoms with E-state index in [1.807, 2.05) is 35.0 Å². The van der Waals surface area contributed by atoms with E-state index in [0.29, 0.717) is 5.69 Å². The maximum atomic E-state index is 13.0. The van der Waals surface area contributed by atoms with Crippen LogP contribution in [0.1, 0.15) is 46.8 Å². The number of imidazole rings is 1. The van der Waals surface area contributed by atoms with Gasteiger partial charge in [0.25, 0.3) is 5.91 Å². The molecule has 1 aliphatic heterocycles. The zero-order chi connectivity index (χ0) is 17.5. The summed E-state index contributed by atoms with van der Waals surface area (Å²) >= 11 is 0. The Morgan fingerprint density at radius 2 is 1.92 bits per heavy atom. The van der Waals surface area contributed by atoms with Gasteiger partial charge in [-0.05, 0) is 44.2 Å². The third-order valence-corrected chi connectivity index (χ3v) is 5.34. The molecule has 0 unspecified atom stereocenters. The lowest BCUT2D eigenvalue weighted by atomic mass is 10.1. The van der Waals surface area contributed by atoms with Crippen molar-refractivity contribution in [1.82, 2.24) is 19.3 Å². The second-order valence-corrected chi connectivity index (χ2v) is 7.00. The monoisotopic (exact) mass is 347 g/mol. The fourth-order valence-electron chi connectivity index (χ4n) is 4.05. The SMILES string of the molecule is O=C(Nc1c2c(nn1-c1ccccc1)CCC2)c1cnc2n1CCCC2. The third kappa shape index (κ3) is 2.44. The summed E-state index contributed by atoms with van der Waals surface area (Å²) in [6.07, 6.45) is 7.93. The first-order valence-electron chi connectivity index (χ1n) is 9.33. The number of nitrogens with one attached hydrogen (secondary N) is 1. The summed E-state index contributed by atoms with van der Waals surface area (Å²) in [4.78, 5) is 17.5. The number of benzene rings is 1. The average Bonchev–Trinajstić information content (AvgIpc) is 3.38. The molecule has 0 saturated heterocycles. The minimum atomic E-state index is -0.0996. The summed E-state index contributed by atoms with van der Waals surface area (Å²) < 4.78 is 3.93. The number of carbonyl (C=O) groups is 1. The number of carbonyl (C=O) groups excluding carboxylic acids is 1. The standard InChI is InChI=1S/C20H21N5O/c26-20(17-13-21-18-11-4-5-12-24(17)18)22-19-15-9-6-10-16(15)23-25(19)14-7-2-1-3-8-14/h1-3,7-8,13H,4-6,9-12H2,(H,22,26). The fourth-order valence-corrected chi connectivity index (χ4v) is 4.05. The molecule has 26 heavy (non-hydrogen) atoms. The largest absolute Gasteiger partial charge is 0.324 e. The molecule has 3 aromatic rings. The normalized spacial score (nSPS) is 15.5. The van der Waals surface area contributed by atoms with Crippen LogP contribution >= 0.6 is 0 Å². The summed E-state index contributed by atoms with van der Waals surface area (Å²) in [5.74, 6) is 1.72. The summed E-state index contributed by atoms with van der Waals surface area (Å²) in [5.41, 5.74) is 3.87. The Bertz CT molecular complexity index is 970. The number of hydrogen-bond acceptors (Lipinski definition) is 3. The van der Waals surface area contributed by atoms with E-state index in [1.165, 1.54) is 5.56 Å². The Balaban J connectivity index is 1.52. The maximum absolute atomic E-state index is 13.0. The van der Waals surface area contributed by atoms with Crippen LogP contribution in [0.2, 0.25) is 0 Å². The molecule has 5 rings (SSSR count). The van der Waals surface area contributed by atoms with E-state index in [1.54, 1.807) is 6.20 Å². The van der Waals surface area contributed by atoms with Crippen LogP contribution < -0.4 is 5.32 Å². The van der Waals surface area contributed by atoms with E-state index in [0.717, 1.165) is 68.1 Å². The van der Waals surface area contributed by atoms with Crippen LogP contribution in [-0.4, -0.2) is 25.2 Å². The van der Waals surface area contributed by atoms with Gasteiger partial charge in [0.05, 0.1) is 17.6 Å². The van der Waals surface area contributed by atoms with Crippen molar-refractivity contribution in [2.45, 2.75) is 45.1 Å². The van der Waals surface area contributed by atoms with E-state index in [2.05, 4.69) is 14.9 Å². The second kappa shape index (κ2) is 6.12. The van der Waals surface area contributed by atoms with Crippen molar-refractivity contribution in [2.24, 2.45) is 0 Å². The van der Waals surface area contributed by atoms with E-state index >= 15 is 0 Å². The molecule has 0 saturated carbocycles.